The fourth-order valence-corrected chi connectivity index (χ4v) is 1.30. The molecule has 0 fully saturated rings. The summed E-state index contributed by atoms with van der Waals surface area (Å²) in [7, 11) is 4.03. The van der Waals surface area contributed by atoms with Crippen LogP contribution in [0.2, 0.25) is 0 Å². The van der Waals surface area contributed by atoms with Crippen LogP contribution in [0.5, 0.6) is 0 Å². The van der Waals surface area contributed by atoms with Crippen molar-refractivity contribution >= 4 is 0 Å². The highest BCUT2D eigenvalue weighted by molar-refractivity contribution is 4.79. The first-order chi connectivity index (χ1) is 5.02. The minimum absolute atomic E-state index is 0.367. The standard InChI is InChI=1S/C9H22N2/c1-9(2,3)8(11-5)6-7-10-4/h8,10-11H,6-7H2,1-5H3. The lowest BCUT2D eigenvalue weighted by molar-refractivity contribution is 0.267. The van der Waals surface area contributed by atoms with Gasteiger partial charge in [0.25, 0.3) is 0 Å². The van der Waals surface area contributed by atoms with Gasteiger partial charge in [-0.2, -0.15) is 0 Å². The van der Waals surface area contributed by atoms with Crippen LogP contribution in [-0.4, -0.2) is 26.7 Å². The van der Waals surface area contributed by atoms with E-state index in [9.17, 15) is 0 Å². The van der Waals surface area contributed by atoms with Crippen LogP contribution in [0.25, 0.3) is 0 Å². The molecule has 0 aromatic heterocycles. The van der Waals surface area contributed by atoms with Gasteiger partial charge in [-0.3, -0.25) is 0 Å². The van der Waals surface area contributed by atoms with E-state index in [1.165, 1.54) is 6.42 Å². The summed E-state index contributed by atoms with van der Waals surface area (Å²) in [5.74, 6) is 0. The molecule has 0 aliphatic carbocycles. The van der Waals surface area contributed by atoms with Crippen LogP contribution in [-0.2, 0) is 0 Å². The molecule has 0 rings (SSSR count). The maximum absolute atomic E-state index is 3.34. The summed E-state index contributed by atoms with van der Waals surface area (Å²) < 4.78 is 0. The van der Waals surface area contributed by atoms with Gasteiger partial charge in [0, 0.05) is 6.04 Å². The van der Waals surface area contributed by atoms with Gasteiger partial charge in [-0.1, -0.05) is 20.8 Å². The normalized spacial score (nSPS) is 15.0. The van der Waals surface area contributed by atoms with Crippen LogP contribution in [0.4, 0.5) is 0 Å². The molecule has 0 saturated carbocycles. The molecule has 0 aliphatic heterocycles. The van der Waals surface area contributed by atoms with Gasteiger partial charge < -0.3 is 10.6 Å². The molecule has 0 radical (unpaired) electrons. The molecular formula is C9H22N2. The number of rotatable bonds is 4. The molecule has 11 heavy (non-hydrogen) atoms. The Labute approximate surface area is 70.8 Å². The largest absolute Gasteiger partial charge is 0.320 e. The fraction of sp³-hybridized carbons (Fsp3) is 1.00. The summed E-state index contributed by atoms with van der Waals surface area (Å²) in [6.45, 7) is 7.89. The monoisotopic (exact) mass is 158 g/mol. The molecule has 0 aliphatic rings. The van der Waals surface area contributed by atoms with Crippen molar-refractivity contribution in [2.75, 3.05) is 20.6 Å². The molecule has 0 spiro atoms. The fourth-order valence-electron chi connectivity index (χ4n) is 1.30. The summed E-state index contributed by atoms with van der Waals surface area (Å²) in [5, 5.41) is 6.50. The molecule has 0 heterocycles. The first-order valence-corrected chi connectivity index (χ1v) is 4.34. The second-order valence-corrected chi connectivity index (χ2v) is 4.10. The molecular weight excluding hydrogens is 136 g/mol. The Hall–Kier alpha value is -0.0800. The second-order valence-electron chi connectivity index (χ2n) is 4.10. The van der Waals surface area contributed by atoms with E-state index in [1.54, 1.807) is 0 Å². The maximum atomic E-state index is 3.34. The van der Waals surface area contributed by atoms with Crippen LogP contribution < -0.4 is 10.6 Å². The summed E-state index contributed by atoms with van der Waals surface area (Å²) in [6.07, 6.45) is 1.19. The molecule has 0 aromatic rings. The first kappa shape index (κ1) is 10.9. The molecule has 2 heteroatoms. The van der Waals surface area contributed by atoms with Gasteiger partial charge in [0.1, 0.15) is 0 Å². The zero-order valence-corrected chi connectivity index (χ0v) is 8.49. The summed E-state index contributed by atoms with van der Waals surface area (Å²) >= 11 is 0. The molecule has 2 N–H and O–H groups in total. The molecule has 2 nitrogen and oxygen atoms in total. The van der Waals surface area contributed by atoms with Gasteiger partial charge >= 0.3 is 0 Å². The molecule has 0 amide bonds. The van der Waals surface area contributed by atoms with E-state index in [2.05, 4.69) is 31.4 Å². The smallest absolute Gasteiger partial charge is 0.0125 e. The predicted molar refractivity (Wildman–Crippen MR) is 50.8 cm³/mol. The van der Waals surface area contributed by atoms with E-state index in [0.717, 1.165) is 6.54 Å². The lowest BCUT2D eigenvalue weighted by Gasteiger charge is -2.30. The van der Waals surface area contributed by atoms with E-state index in [0.29, 0.717) is 11.5 Å². The number of hydrogen-bond donors (Lipinski definition) is 2. The average molecular weight is 158 g/mol. The SMILES string of the molecule is CNCCC(NC)C(C)(C)C. The molecule has 1 atom stereocenters. The summed E-state index contributed by atoms with van der Waals surface area (Å²) in [4.78, 5) is 0. The van der Waals surface area contributed by atoms with Crippen LogP contribution in [0.3, 0.4) is 0 Å². The van der Waals surface area contributed by atoms with Crippen molar-refractivity contribution in [3.05, 3.63) is 0 Å². The van der Waals surface area contributed by atoms with E-state index in [4.69, 9.17) is 0 Å². The Bertz CT molecular complexity index is 94.2. The van der Waals surface area contributed by atoms with Gasteiger partial charge in [0.2, 0.25) is 0 Å². The van der Waals surface area contributed by atoms with Crippen molar-refractivity contribution in [3.63, 3.8) is 0 Å². The third-order valence-corrected chi connectivity index (χ3v) is 2.08. The zero-order chi connectivity index (χ0) is 8.91. The van der Waals surface area contributed by atoms with E-state index in [-0.39, 0.29) is 0 Å². The van der Waals surface area contributed by atoms with Crippen LogP contribution >= 0.6 is 0 Å². The first-order valence-electron chi connectivity index (χ1n) is 4.34. The second kappa shape index (κ2) is 4.73. The molecule has 0 aromatic carbocycles. The highest BCUT2D eigenvalue weighted by Gasteiger charge is 2.21. The van der Waals surface area contributed by atoms with Crippen molar-refractivity contribution in [1.29, 1.82) is 0 Å². The van der Waals surface area contributed by atoms with Crippen LogP contribution in [0.15, 0.2) is 0 Å². The van der Waals surface area contributed by atoms with Gasteiger partial charge in [0.15, 0.2) is 0 Å². The van der Waals surface area contributed by atoms with Gasteiger partial charge in [0.05, 0.1) is 0 Å². The maximum Gasteiger partial charge on any atom is 0.0125 e. The zero-order valence-electron chi connectivity index (χ0n) is 8.49. The Morgan fingerprint density at radius 3 is 2.00 bits per heavy atom. The summed E-state index contributed by atoms with van der Waals surface area (Å²) in [5.41, 5.74) is 0.367. The minimum atomic E-state index is 0.367. The van der Waals surface area contributed by atoms with Gasteiger partial charge in [-0.15, -0.1) is 0 Å². The Balaban J connectivity index is 3.76. The van der Waals surface area contributed by atoms with E-state index >= 15 is 0 Å². The van der Waals surface area contributed by atoms with E-state index in [1.807, 2.05) is 14.1 Å². The topological polar surface area (TPSA) is 24.1 Å². The lowest BCUT2D eigenvalue weighted by atomic mass is 9.85. The van der Waals surface area contributed by atoms with Crippen molar-refractivity contribution < 1.29 is 0 Å². The Morgan fingerprint density at radius 2 is 1.73 bits per heavy atom. The number of hydrogen-bond acceptors (Lipinski definition) is 2. The molecule has 0 bridgehead atoms. The third-order valence-electron chi connectivity index (χ3n) is 2.08. The van der Waals surface area contributed by atoms with Crippen molar-refractivity contribution in [3.8, 4) is 0 Å². The third kappa shape index (κ3) is 4.38. The van der Waals surface area contributed by atoms with E-state index < -0.39 is 0 Å². The predicted octanol–water partition coefficient (Wildman–Crippen LogP) is 1.23. The van der Waals surface area contributed by atoms with Crippen LogP contribution in [0.1, 0.15) is 27.2 Å². The molecule has 0 saturated heterocycles. The highest BCUT2D eigenvalue weighted by atomic mass is 14.9. The number of nitrogens with one attached hydrogen (secondary N) is 2. The van der Waals surface area contributed by atoms with Crippen molar-refractivity contribution in [2.45, 2.75) is 33.2 Å². The lowest BCUT2D eigenvalue weighted by Crippen LogP contribution is -2.39. The quantitative estimate of drug-likeness (QED) is 0.643. The molecule has 68 valence electrons. The Morgan fingerprint density at radius 1 is 1.18 bits per heavy atom. The van der Waals surface area contributed by atoms with Gasteiger partial charge in [-0.05, 0) is 32.5 Å². The average Bonchev–Trinajstić information content (AvgIpc) is 1.87. The van der Waals surface area contributed by atoms with Crippen molar-refractivity contribution in [1.82, 2.24) is 10.6 Å². The van der Waals surface area contributed by atoms with Gasteiger partial charge in [-0.25, -0.2) is 0 Å². The minimum Gasteiger partial charge on any atom is -0.320 e. The van der Waals surface area contributed by atoms with Crippen LogP contribution in [0, 0.1) is 5.41 Å². The Kier molecular flexibility index (Phi) is 4.69. The molecule has 1 unspecified atom stereocenters. The highest BCUT2D eigenvalue weighted by Crippen LogP contribution is 2.20. The van der Waals surface area contributed by atoms with Crippen molar-refractivity contribution in [2.24, 2.45) is 5.41 Å². The summed E-state index contributed by atoms with van der Waals surface area (Å²) in [6, 6.07) is 0.606.